The minimum absolute atomic E-state index is 0.235. The van der Waals surface area contributed by atoms with Crippen molar-refractivity contribution in [2.75, 3.05) is 0 Å². The third-order valence-corrected chi connectivity index (χ3v) is 3.45. The molecule has 1 aromatic carbocycles. The summed E-state index contributed by atoms with van der Waals surface area (Å²) in [4.78, 5) is 12.6. The van der Waals surface area contributed by atoms with Gasteiger partial charge in [-0.25, -0.2) is 0 Å². The summed E-state index contributed by atoms with van der Waals surface area (Å²) in [6.07, 6.45) is 1.58. The summed E-state index contributed by atoms with van der Waals surface area (Å²) < 4.78 is 10.5. The average Bonchev–Trinajstić information content (AvgIpc) is 3.17. The smallest absolute Gasteiger partial charge is 0.257 e. The lowest BCUT2D eigenvalue weighted by molar-refractivity contribution is 0.0934. The van der Waals surface area contributed by atoms with Crippen molar-refractivity contribution in [3.8, 4) is 11.3 Å². The van der Waals surface area contributed by atoms with Crippen LogP contribution in [0.15, 0.2) is 57.7 Å². The molecule has 0 spiro atoms. The van der Waals surface area contributed by atoms with E-state index >= 15 is 0 Å². The highest BCUT2D eigenvalue weighted by Crippen LogP contribution is 2.25. The van der Waals surface area contributed by atoms with Crippen LogP contribution in [0.3, 0.4) is 0 Å². The molecule has 0 radical (unpaired) electrons. The first-order valence-electron chi connectivity index (χ1n) is 7.02. The molecule has 0 saturated carbocycles. The van der Waals surface area contributed by atoms with E-state index in [0.29, 0.717) is 22.8 Å². The second-order valence-electron chi connectivity index (χ2n) is 5.04. The number of benzene rings is 1. The van der Waals surface area contributed by atoms with Gasteiger partial charge in [-0.3, -0.25) is 4.79 Å². The van der Waals surface area contributed by atoms with Gasteiger partial charge in [0.1, 0.15) is 22.8 Å². The molecule has 1 atom stereocenters. The molecular formula is C17H16N2O3. The highest BCUT2D eigenvalue weighted by atomic mass is 16.5. The fourth-order valence-corrected chi connectivity index (χ4v) is 2.31. The number of rotatable bonds is 4. The maximum absolute atomic E-state index is 12.6. The number of furan rings is 1. The first-order valence-corrected chi connectivity index (χ1v) is 7.02. The fourth-order valence-electron chi connectivity index (χ4n) is 2.31. The fraction of sp³-hybridized carbons (Fsp3) is 0.176. The van der Waals surface area contributed by atoms with Gasteiger partial charge in [0.15, 0.2) is 0 Å². The molecule has 0 aliphatic heterocycles. The number of carbonyl (C=O) groups is 1. The zero-order valence-corrected chi connectivity index (χ0v) is 12.4. The van der Waals surface area contributed by atoms with Crippen LogP contribution in [-0.4, -0.2) is 11.1 Å². The lowest BCUT2D eigenvalue weighted by Gasteiger charge is -2.11. The number of nitrogens with one attached hydrogen (secondary N) is 1. The zero-order valence-electron chi connectivity index (χ0n) is 12.4. The van der Waals surface area contributed by atoms with Crippen LogP contribution in [0.25, 0.3) is 11.3 Å². The number of carbonyl (C=O) groups excluding carboxylic acids is 1. The van der Waals surface area contributed by atoms with Gasteiger partial charge in [0.05, 0.1) is 12.3 Å². The molecule has 2 aromatic heterocycles. The van der Waals surface area contributed by atoms with E-state index in [4.69, 9.17) is 8.94 Å². The van der Waals surface area contributed by atoms with E-state index in [0.717, 1.165) is 5.56 Å². The second kappa shape index (κ2) is 5.89. The van der Waals surface area contributed by atoms with Crippen LogP contribution in [0.5, 0.6) is 0 Å². The highest BCUT2D eigenvalue weighted by molar-refractivity contribution is 6.00. The predicted octanol–water partition coefficient (Wildman–Crippen LogP) is 3.73. The Labute approximate surface area is 127 Å². The van der Waals surface area contributed by atoms with Crippen LogP contribution < -0.4 is 5.32 Å². The SMILES string of the molecule is Cc1onc(-c2ccccc2)c1C(=O)NC(C)c1ccco1. The molecule has 22 heavy (non-hydrogen) atoms. The van der Waals surface area contributed by atoms with Gasteiger partial charge in [-0.2, -0.15) is 0 Å². The highest BCUT2D eigenvalue weighted by Gasteiger charge is 2.23. The van der Waals surface area contributed by atoms with Crippen LogP contribution >= 0.6 is 0 Å². The number of nitrogens with zero attached hydrogens (tertiary/aromatic N) is 1. The molecule has 1 unspecified atom stereocenters. The molecule has 3 rings (SSSR count). The minimum atomic E-state index is -0.236. The summed E-state index contributed by atoms with van der Waals surface area (Å²) in [7, 11) is 0. The second-order valence-corrected chi connectivity index (χ2v) is 5.04. The number of hydrogen-bond donors (Lipinski definition) is 1. The largest absolute Gasteiger partial charge is 0.467 e. The van der Waals surface area contributed by atoms with Crippen molar-refractivity contribution >= 4 is 5.91 Å². The van der Waals surface area contributed by atoms with Crippen molar-refractivity contribution in [3.63, 3.8) is 0 Å². The molecule has 1 N–H and O–H groups in total. The molecule has 2 heterocycles. The molecule has 1 amide bonds. The first kappa shape index (κ1) is 14.1. The predicted molar refractivity (Wildman–Crippen MR) is 81.3 cm³/mol. The van der Waals surface area contributed by atoms with Crippen LogP contribution in [-0.2, 0) is 0 Å². The number of aryl methyl sites for hydroxylation is 1. The van der Waals surface area contributed by atoms with Gasteiger partial charge in [0, 0.05) is 5.56 Å². The van der Waals surface area contributed by atoms with Crippen molar-refractivity contribution in [2.45, 2.75) is 19.9 Å². The Hall–Kier alpha value is -2.82. The summed E-state index contributed by atoms with van der Waals surface area (Å²) in [5, 5.41) is 6.92. The van der Waals surface area contributed by atoms with Crippen LogP contribution in [0.4, 0.5) is 0 Å². The van der Waals surface area contributed by atoms with Gasteiger partial charge in [-0.1, -0.05) is 35.5 Å². The van der Waals surface area contributed by atoms with Crippen LogP contribution in [0.1, 0.15) is 34.8 Å². The summed E-state index contributed by atoms with van der Waals surface area (Å²) in [6, 6.07) is 12.9. The molecule has 5 heteroatoms. The Balaban J connectivity index is 1.88. The number of aromatic nitrogens is 1. The molecule has 0 fully saturated rings. The molecule has 112 valence electrons. The molecule has 0 aliphatic rings. The Morgan fingerprint density at radius 2 is 1.95 bits per heavy atom. The van der Waals surface area contributed by atoms with E-state index in [2.05, 4.69) is 10.5 Å². The van der Waals surface area contributed by atoms with E-state index in [1.165, 1.54) is 0 Å². The summed E-state index contributed by atoms with van der Waals surface area (Å²) >= 11 is 0. The quantitative estimate of drug-likeness (QED) is 0.796. The minimum Gasteiger partial charge on any atom is -0.467 e. The topological polar surface area (TPSA) is 68.3 Å². The van der Waals surface area contributed by atoms with Crippen molar-refractivity contribution < 1.29 is 13.7 Å². The van der Waals surface area contributed by atoms with Crippen molar-refractivity contribution in [1.82, 2.24) is 10.5 Å². The third-order valence-electron chi connectivity index (χ3n) is 3.45. The average molecular weight is 296 g/mol. The maximum Gasteiger partial charge on any atom is 0.257 e. The lowest BCUT2D eigenvalue weighted by atomic mass is 10.1. The Morgan fingerprint density at radius 1 is 1.18 bits per heavy atom. The Kier molecular flexibility index (Phi) is 3.78. The van der Waals surface area contributed by atoms with E-state index in [1.54, 1.807) is 19.3 Å². The summed E-state index contributed by atoms with van der Waals surface area (Å²) in [5.74, 6) is 0.952. The van der Waals surface area contributed by atoms with Crippen LogP contribution in [0.2, 0.25) is 0 Å². The molecule has 5 nitrogen and oxygen atoms in total. The zero-order chi connectivity index (χ0) is 15.5. The maximum atomic E-state index is 12.6. The molecule has 0 aliphatic carbocycles. The van der Waals surface area contributed by atoms with Crippen molar-refractivity contribution in [3.05, 3.63) is 65.8 Å². The third kappa shape index (κ3) is 2.65. The summed E-state index contributed by atoms with van der Waals surface area (Å²) in [5.41, 5.74) is 1.84. The molecule has 3 aromatic rings. The van der Waals surface area contributed by atoms with Gasteiger partial charge in [0.25, 0.3) is 5.91 Å². The number of amides is 1. The van der Waals surface area contributed by atoms with E-state index in [1.807, 2.05) is 43.3 Å². The van der Waals surface area contributed by atoms with Gasteiger partial charge in [0.2, 0.25) is 0 Å². The monoisotopic (exact) mass is 296 g/mol. The Bertz CT molecular complexity index is 761. The lowest BCUT2D eigenvalue weighted by Crippen LogP contribution is -2.27. The van der Waals surface area contributed by atoms with Gasteiger partial charge in [-0.15, -0.1) is 0 Å². The molecule has 0 bridgehead atoms. The van der Waals surface area contributed by atoms with Gasteiger partial charge >= 0.3 is 0 Å². The first-order chi connectivity index (χ1) is 10.7. The summed E-state index contributed by atoms with van der Waals surface area (Å²) in [6.45, 7) is 3.59. The van der Waals surface area contributed by atoms with Crippen molar-refractivity contribution in [1.29, 1.82) is 0 Å². The van der Waals surface area contributed by atoms with Gasteiger partial charge in [-0.05, 0) is 26.0 Å². The molecule has 0 saturated heterocycles. The number of hydrogen-bond acceptors (Lipinski definition) is 4. The standard InChI is InChI=1S/C17H16N2O3/c1-11(14-9-6-10-21-14)18-17(20)15-12(2)22-19-16(15)13-7-4-3-5-8-13/h3-11H,1-2H3,(H,18,20). The van der Waals surface area contributed by atoms with E-state index in [-0.39, 0.29) is 11.9 Å². The Morgan fingerprint density at radius 3 is 2.64 bits per heavy atom. The van der Waals surface area contributed by atoms with Gasteiger partial charge < -0.3 is 14.3 Å². The van der Waals surface area contributed by atoms with Crippen molar-refractivity contribution in [2.24, 2.45) is 0 Å². The normalized spacial score (nSPS) is 12.1. The van der Waals surface area contributed by atoms with Crippen LogP contribution in [0, 0.1) is 6.92 Å². The van der Waals surface area contributed by atoms with E-state index < -0.39 is 0 Å². The molecular weight excluding hydrogens is 280 g/mol. The van der Waals surface area contributed by atoms with E-state index in [9.17, 15) is 4.79 Å².